The van der Waals surface area contributed by atoms with Gasteiger partial charge in [0.25, 0.3) is 0 Å². The molecule has 0 saturated carbocycles. The number of nitrogens with one attached hydrogen (secondary N) is 1. The number of aromatic nitrogens is 1. The van der Waals surface area contributed by atoms with E-state index in [1.807, 2.05) is 0 Å². The van der Waals surface area contributed by atoms with E-state index < -0.39 is 28.2 Å². The zero-order valence-electron chi connectivity index (χ0n) is 9.00. The number of nitro groups is 1. The maximum absolute atomic E-state index is 11.1. The van der Waals surface area contributed by atoms with E-state index in [0.29, 0.717) is 5.56 Å². The first-order valence-corrected chi connectivity index (χ1v) is 4.65. The maximum atomic E-state index is 11.1. The number of methoxy groups -OCH3 is 1. The summed E-state index contributed by atoms with van der Waals surface area (Å²) in [5.41, 5.74) is 4.49. The number of nitrogens with zero attached hydrogens (tertiary/aromatic N) is 1. The smallest absolute Gasteiger partial charge is 0.334 e. The van der Waals surface area contributed by atoms with Crippen molar-refractivity contribution in [3.8, 4) is 0 Å². The third-order valence-electron chi connectivity index (χ3n) is 2.10. The van der Waals surface area contributed by atoms with Crippen LogP contribution in [0.4, 0.5) is 5.69 Å². The van der Waals surface area contributed by atoms with E-state index in [9.17, 15) is 19.7 Å². The van der Waals surface area contributed by atoms with Gasteiger partial charge in [0.2, 0.25) is 0 Å². The van der Waals surface area contributed by atoms with Crippen LogP contribution in [0.3, 0.4) is 0 Å². The summed E-state index contributed by atoms with van der Waals surface area (Å²) in [6.45, 7) is 0. The molecule has 1 unspecified atom stereocenters. The Morgan fingerprint density at radius 2 is 2.35 bits per heavy atom. The molecule has 0 bridgehead atoms. The molecule has 1 aromatic rings. The molecule has 0 aromatic carbocycles. The minimum absolute atomic E-state index is 0.0459. The summed E-state index contributed by atoms with van der Waals surface area (Å²) >= 11 is 0. The van der Waals surface area contributed by atoms with Gasteiger partial charge in [-0.25, -0.2) is 0 Å². The van der Waals surface area contributed by atoms with E-state index in [1.54, 1.807) is 0 Å². The first-order valence-electron chi connectivity index (χ1n) is 4.65. The van der Waals surface area contributed by atoms with Crippen LogP contribution < -0.4 is 11.3 Å². The summed E-state index contributed by atoms with van der Waals surface area (Å²) in [6.07, 6.45) is 1.32. The molecule has 1 atom stereocenters. The van der Waals surface area contributed by atoms with E-state index >= 15 is 0 Å². The normalized spacial score (nSPS) is 11.9. The number of H-pyrrole nitrogens is 1. The van der Waals surface area contributed by atoms with Crippen LogP contribution in [0.1, 0.15) is 5.56 Å². The molecular weight excluding hydrogens is 230 g/mol. The zero-order chi connectivity index (χ0) is 13.0. The molecule has 8 nitrogen and oxygen atoms in total. The lowest BCUT2D eigenvalue weighted by atomic mass is 10.1. The van der Waals surface area contributed by atoms with Crippen LogP contribution in [0.25, 0.3) is 0 Å². The van der Waals surface area contributed by atoms with Gasteiger partial charge in [0.05, 0.1) is 12.0 Å². The standard InChI is InChI=1S/C9H11N3O5/c1-17-9(14)6(10)2-5-3-7(12(15)16)8(13)11-4-5/h3-4,6H,2,10H2,1H3,(H,11,13). The molecule has 92 valence electrons. The molecule has 0 saturated heterocycles. The predicted octanol–water partition coefficient (Wildman–Crippen LogP) is -0.674. The number of aromatic amines is 1. The molecule has 0 radical (unpaired) electrons. The Hall–Kier alpha value is -2.22. The molecule has 1 aromatic heterocycles. The van der Waals surface area contributed by atoms with Gasteiger partial charge >= 0.3 is 17.2 Å². The number of hydrogen-bond acceptors (Lipinski definition) is 6. The van der Waals surface area contributed by atoms with E-state index in [0.717, 1.165) is 6.07 Å². The molecule has 0 aliphatic rings. The van der Waals surface area contributed by atoms with Crippen LogP contribution in [0.5, 0.6) is 0 Å². The van der Waals surface area contributed by atoms with Gasteiger partial charge in [-0.1, -0.05) is 0 Å². The Morgan fingerprint density at radius 3 is 2.88 bits per heavy atom. The van der Waals surface area contributed by atoms with Gasteiger partial charge in [-0.05, 0) is 12.0 Å². The third kappa shape index (κ3) is 3.11. The second kappa shape index (κ2) is 5.21. The molecule has 1 rings (SSSR count). The topological polar surface area (TPSA) is 128 Å². The van der Waals surface area contributed by atoms with E-state index in [-0.39, 0.29) is 6.42 Å². The number of ether oxygens (including phenoxy) is 1. The van der Waals surface area contributed by atoms with Crippen LogP contribution in [0.2, 0.25) is 0 Å². The molecule has 8 heteroatoms. The van der Waals surface area contributed by atoms with E-state index in [2.05, 4.69) is 9.72 Å². The molecule has 0 aliphatic carbocycles. The van der Waals surface area contributed by atoms with Gasteiger partial charge in [0.1, 0.15) is 6.04 Å². The third-order valence-corrected chi connectivity index (χ3v) is 2.10. The summed E-state index contributed by atoms with van der Waals surface area (Å²) in [5.74, 6) is -0.626. The lowest BCUT2D eigenvalue weighted by Gasteiger charge is -2.08. The number of hydrogen-bond donors (Lipinski definition) is 2. The fraction of sp³-hybridized carbons (Fsp3) is 0.333. The summed E-state index contributed by atoms with van der Waals surface area (Å²) in [5, 5.41) is 10.5. The summed E-state index contributed by atoms with van der Waals surface area (Å²) in [4.78, 5) is 34.0. The van der Waals surface area contributed by atoms with Crippen molar-refractivity contribution >= 4 is 11.7 Å². The van der Waals surface area contributed by atoms with Gasteiger partial charge in [-0.15, -0.1) is 0 Å². The minimum Gasteiger partial charge on any atom is -0.468 e. The monoisotopic (exact) mass is 241 g/mol. The lowest BCUT2D eigenvalue weighted by Crippen LogP contribution is -2.33. The average molecular weight is 241 g/mol. The Labute approximate surface area is 95.5 Å². The van der Waals surface area contributed by atoms with E-state index in [1.165, 1.54) is 13.3 Å². The van der Waals surface area contributed by atoms with Gasteiger partial charge in [-0.2, -0.15) is 0 Å². The van der Waals surface area contributed by atoms with Crippen LogP contribution in [0.15, 0.2) is 17.1 Å². The molecule has 0 aliphatic heterocycles. The number of nitrogens with two attached hydrogens (primary N) is 1. The van der Waals surface area contributed by atoms with Gasteiger partial charge in [-0.3, -0.25) is 19.7 Å². The molecule has 3 N–H and O–H groups in total. The number of esters is 1. The fourth-order valence-corrected chi connectivity index (χ4v) is 1.26. The highest BCUT2D eigenvalue weighted by Gasteiger charge is 2.18. The highest BCUT2D eigenvalue weighted by atomic mass is 16.6. The fourth-order valence-electron chi connectivity index (χ4n) is 1.26. The minimum atomic E-state index is -0.925. The van der Waals surface area contributed by atoms with Crippen molar-refractivity contribution in [1.82, 2.24) is 4.98 Å². The quantitative estimate of drug-likeness (QED) is 0.408. The Morgan fingerprint density at radius 1 is 1.71 bits per heavy atom. The van der Waals surface area contributed by atoms with Crippen LogP contribution in [-0.4, -0.2) is 29.0 Å². The molecular formula is C9H11N3O5. The number of carbonyl (C=O) groups is 1. The highest BCUT2D eigenvalue weighted by molar-refractivity contribution is 5.75. The van der Waals surface area contributed by atoms with Crippen molar-refractivity contribution < 1.29 is 14.5 Å². The van der Waals surface area contributed by atoms with Crippen LogP contribution in [0, 0.1) is 10.1 Å². The second-order valence-corrected chi connectivity index (χ2v) is 3.31. The van der Waals surface area contributed by atoms with Crippen molar-refractivity contribution in [2.24, 2.45) is 5.73 Å². The molecule has 0 spiro atoms. The molecule has 1 heterocycles. The van der Waals surface area contributed by atoms with Gasteiger partial charge in [0, 0.05) is 12.3 Å². The second-order valence-electron chi connectivity index (χ2n) is 3.31. The van der Waals surface area contributed by atoms with Crippen molar-refractivity contribution in [3.05, 3.63) is 38.3 Å². The average Bonchev–Trinajstić information content (AvgIpc) is 2.30. The molecule has 17 heavy (non-hydrogen) atoms. The van der Waals surface area contributed by atoms with Gasteiger partial charge in [0.15, 0.2) is 0 Å². The maximum Gasteiger partial charge on any atom is 0.334 e. The highest BCUT2D eigenvalue weighted by Crippen LogP contribution is 2.08. The summed E-state index contributed by atoms with van der Waals surface area (Å²) in [7, 11) is 1.19. The first-order chi connectivity index (χ1) is 7.95. The van der Waals surface area contributed by atoms with Crippen molar-refractivity contribution in [3.63, 3.8) is 0 Å². The Bertz CT molecular complexity index is 496. The lowest BCUT2D eigenvalue weighted by molar-refractivity contribution is -0.386. The van der Waals surface area contributed by atoms with Crippen molar-refractivity contribution in [1.29, 1.82) is 0 Å². The summed E-state index contributed by atoms with van der Waals surface area (Å²) in [6, 6.07) is 0.159. The SMILES string of the molecule is COC(=O)C(N)Cc1c[nH]c(=O)c([N+](=O)[O-])c1. The summed E-state index contributed by atoms with van der Waals surface area (Å²) < 4.78 is 4.42. The van der Waals surface area contributed by atoms with E-state index in [4.69, 9.17) is 5.73 Å². The van der Waals surface area contributed by atoms with Crippen molar-refractivity contribution in [2.75, 3.05) is 7.11 Å². The predicted molar refractivity (Wildman–Crippen MR) is 57.4 cm³/mol. The molecule has 0 fully saturated rings. The molecule has 0 amide bonds. The number of carbonyl (C=O) groups excluding carboxylic acids is 1. The Balaban J connectivity index is 2.94. The first kappa shape index (κ1) is 12.8. The number of rotatable bonds is 4. The van der Waals surface area contributed by atoms with Crippen LogP contribution >= 0.6 is 0 Å². The zero-order valence-corrected chi connectivity index (χ0v) is 9.00. The van der Waals surface area contributed by atoms with Crippen molar-refractivity contribution in [2.45, 2.75) is 12.5 Å². The van der Waals surface area contributed by atoms with Gasteiger partial charge < -0.3 is 15.5 Å². The number of pyridine rings is 1. The largest absolute Gasteiger partial charge is 0.468 e. The van der Waals surface area contributed by atoms with Crippen LogP contribution in [-0.2, 0) is 16.0 Å². The Kier molecular flexibility index (Phi) is 3.94.